The third-order valence-electron chi connectivity index (χ3n) is 4.37. The van der Waals surface area contributed by atoms with Crippen LogP contribution in [0.3, 0.4) is 0 Å². The Morgan fingerprint density at radius 1 is 0.962 bits per heavy atom. The SMILES string of the molecule is CCN(Cc1ccccc1)c1nc(Cl)nc2scc(-c3ccccc3)c12. The van der Waals surface area contributed by atoms with Gasteiger partial charge in [-0.3, -0.25) is 0 Å². The van der Waals surface area contributed by atoms with E-state index in [0.29, 0.717) is 5.28 Å². The Kier molecular flexibility index (Phi) is 4.87. The molecule has 0 aliphatic carbocycles. The predicted molar refractivity (Wildman–Crippen MR) is 111 cm³/mol. The Morgan fingerprint density at radius 3 is 2.35 bits per heavy atom. The average molecular weight is 380 g/mol. The number of hydrogen-bond acceptors (Lipinski definition) is 4. The minimum atomic E-state index is 0.292. The highest BCUT2D eigenvalue weighted by Crippen LogP contribution is 2.39. The van der Waals surface area contributed by atoms with Gasteiger partial charge in [-0.05, 0) is 29.7 Å². The van der Waals surface area contributed by atoms with Crippen LogP contribution in [0.25, 0.3) is 21.3 Å². The molecule has 0 fully saturated rings. The molecule has 0 aliphatic rings. The molecule has 0 aliphatic heterocycles. The molecule has 4 rings (SSSR count). The van der Waals surface area contributed by atoms with Gasteiger partial charge in [0.15, 0.2) is 0 Å². The number of hydrogen-bond donors (Lipinski definition) is 0. The summed E-state index contributed by atoms with van der Waals surface area (Å²) in [7, 11) is 0. The highest BCUT2D eigenvalue weighted by atomic mass is 35.5. The van der Waals surface area contributed by atoms with Crippen molar-refractivity contribution in [3.05, 3.63) is 76.9 Å². The fraction of sp³-hybridized carbons (Fsp3) is 0.143. The fourth-order valence-electron chi connectivity index (χ4n) is 3.10. The van der Waals surface area contributed by atoms with Crippen LogP contribution in [0.2, 0.25) is 5.28 Å². The first kappa shape index (κ1) is 17.0. The summed E-state index contributed by atoms with van der Waals surface area (Å²) < 4.78 is 0. The van der Waals surface area contributed by atoms with Crippen LogP contribution in [0.1, 0.15) is 12.5 Å². The van der Waals surface area contributed by atoms with E-state index < -0.39 is 0 Å². The summed E-state index contributed by atoms with van der Waals surface area (Å²) >= 11 is 7.85. The van der Waals surface area contributed by atoms with E-state index in [0.717, 1.165) is 34.7 Å². The van der Waals surface area contributed by atoms with Gasteiger partial charge >= 0.3 is 0 Å². The highest BCUT2D eigenvalue weighted by Gasteiger charge is 2.19. The quantitative estimate of drug-likeness (QED) is 0.396. The summed E-state index contributed by atoms with van der Waals surface area (Å²) in [5, 5.41) is 3.51. The molecule has 3 nitrogen and oxygen atoms in total. The van der Waals surface area contributed by atoms with Crippen LogP contribution in [-0.4, -0.2) is 16.5 Å². The molecule has 0 spiro atoms. The van der Waals surface area contributed by atoms with E-state index in [2.05, 4.69) is 75.7 Å². The molecule has 130 valence electrons. The van der Waals surface area contributed by atoms with Crippen LogP contribution < -0.4 is 4.90 Å². The molecule has 4 aromatic rings. The van der Waals surface area contributed by atoms with Crippen LogP contribution in [0.4, 0.5) is 5.82 Å². The van der Waals surface area contributed by atoms with E-state index in [-0.39, 0.29) is 0 Å². The Balaban J connectivity index is 1.86. The van der Waals surface area contributed by atoms with Gasteiger partial charge in [0.05, 0.1) is 5.39 Å². The van der Waals surface area contributed by atoms with Gasteiger partial charge in [0.25, 0.3) is 0 Å². The van der Waals surface area contributed by atoms with Gasteiger partial charge in [0.1, 0.15) is 10.6 Å². The number of halogens is 1. The first-order valence-electron chi connectivity index (χ1n) is 8.55. The minimum Gasteiger partial charge on any atom is -0.352 e. The molecule has 0 saturated heterocycles. The van der Waals surface area contributed by atoms with E-state index in [4.69, 9.17) is 11.6 Å². The largest absolute Gasteiger partial charge is 0.352 e. The molecular weight excluding hydrogens is 362 g/mol. The number of nitrogens with zero attached hydrogens (tertiary/aromatic N) is 3. The summed E-state index contributed by atoms with van der Waals surface area (Å²) in [5.41, 5.74) is 3.57. The first-order valence-corrected chi connectivity index (χ1v) is 9.81. The molecule has 0 saturated carbocycles. The average Bonchev–Trinajstić information content (AvgIpc) is 3.11. The molecule has 5 heteroatoms. The summed E-state index contributed by atoms with van der Waals surface area (Å²) in [6, 6.07) is 20.8. The van der Waals surface area contributed by atoms with Crippen molar-refractivity contribution in [3.8, 4) is 11.1 Å². The number of aromatic nitrogens is 2. The molecule has 0 radical (unpaired) electrons. The van der Waals surface area contributed by atoms with Crippen LogP contribution in [0.15, 0.2) is 66.0 Å². The van der Waals surface area contributed by atoms with E-state index in [1.807, 2.05) is 12.1 Å². The Bertz CT molecular complexity index is 1020. The van der Waals surface area contributed by atoms with Gasteiger partial charge in [0.2, 0.25) is 5.28 Å². The third kappa shape index (κ3) is 3.30. The molecule has 0 N–H and O–H groups in total. The Hall–Kier alpha value is -2.43. The summed E-state index contributed by atoms with van der Waals surface area (Å²) in [4.78, 5) is 12.2. The van der Waals surface area contributed by atoms with Crippen molar-refractivity contribution < 1.29 is 0 Å². The maximum absolute atomic E-state index is 6.24. The number of anilines is 1. The topological polar surface area (TPSA) is 29.0 Å². The fourth-order valence-corrected chi connectivity index (χ4v) is 4.25. The predicted octanol–water partition coefficient (Wildman–Crippen LogP) is 6.04. The second kappa shape index (κ2) is 7.44. The smallest absolute Gasteiger partial charge is 0.225 e. The number of fused-ring (bicyclic) bond motifs is 1. The zero-order valence-electron chi connectivity index (χ0n) is 14.4. The number of thiophene rings is 1. The normalized spacial score (nSPS) is 11.0. The molecular formula is C21H18ClN3S. The van der Waals surface area contributed by atoms with Crippen molar-refractivity contribution in [2.45, 2.75) is 13.5 Å². The lowest BCUT2D eigenvalue weighted by Gasteiger charge is -2.23. The molecule has 0 bridgehead atoms. The molecule has 26 heavy (non-hydrogen) atoms. The summed E-state index contributed by atoms with van der Waals surface area (Å²) in [5.74, 6) is 0.895. The minimum absolute atomic E-state index is 0.292. The summed E-state index contributed by atoms with van der Waals surface area (Å²) in [6.45, 7) is 3.75. The zero-order valence-corrected chi connectivity index (χ0v) is 16.0. The third-order valence-corrected chi connectivity index (χ3v) is 5.41. The van der Waals surface area contributed by atoms with Crippen LogP contribution >= 0.6 is 22.9 Å². The molecule has 0 amide bonds. The second-order valence-electron chi connectivity index (χ2n) is 6.01. The van der Waals surface area contributed by atoms with Gasteiger partial charge in [-0.15, -0.1) is 11.3 Å². The maximum atomic E-state index is 6.24. The monoisotopic (exact) mass is 379 g/mol. The molecule has 2 heterocycles. The highest BCUT2D eigenvalue weighted by molar-refractivity contribution is 7.17. The lowest BCUT2D eigenvalue weighted by molar-refractivity contribution is 0.817. The van der Waals surface area contributed by atoms with Gasteiger partial charge < -0.3 is 4.90 Å². The Labute approximate surface area is 161 Å². The Morgan fingerprint density at radius 2 is 1.65 bits per heavy atom. The maximum Gasteiger partial charge on any atom is 0.225 e. The lowest BCUT2D eigenvalue weighted by atomic mass is 10.1. The number of benzene rings is 2. The van der Waals surface area contributed by atoms with E-state index in [1.165, 1.54) is 11.1 Å². The molecule has 2 aromatic carbocycles. The van der Waals surface area contributed by atoms with Crippen molar-refractivity contribution in [1.29, 1.82) is 0 Å². The van der Waals surface area contributed by atoms with Crippen molar-refractivity contribution >= 4 is 39.0 Å². The van der Waals surface area contributed by atoms with Gasteiger partial charge in [-0.2, -0.15) is 4.98 Å². The van der Waals surface area contributed by atoms with Gasteiger partial charge in [0, 0.05) is 24.0 Å². The van der Waals surface area contributed by atoms with Gasteiger partial charge in [-0.1, -0.05) is 60.7 Å². The zero-order chi connectivity index (χ0) is 17.9. The van der Waals surface area contributed by atoms with Crippen LogP contribution in [-0.2, 0) is 6.54 Å². The van der Waals surface area contributed by atoms with Crippen LogP contribution in [0.5, 0.6) is 0 Å². The van der Waals surface area contributed by atoms with Crippen molar-refractivity contribution in [2.24, 2.45) is 0 Å². The lowest BCUT2D eigenvalue weighted by Crippen LogP contribution is -2.23. The first-order chi connectivity index (χ1) is 12.8. The standard InChI is InChI=1S/C21H18ClN3S/c1-2-25(13-15-9-5-3-6-10-15)19-18-17(16-11-7-4-8-12-16)14-26-20(18)24-21(22)23-19/h3-12,14H,2,13H2,1H3. The van der Waals surface area contributed by atoms with Crippen LogP contribution in [0, 0.1) is 0 Å². The van der Waals surface area contributed by atoms with Crippen molar-refractivity contribution in [2.75, 3.05) is 11.4 Å². The van der Waals surface area contributed by atoms with Crippen molar-refractivity contribution in [3.63, 3.8) is 0 Å². The van der Waals surface area contributed by atoms with E-state index in [9.17, 15) is 0 Å². The molecule has 2 aromatic heterocycles. The van der Waals surface area contributed by atoms with E-state index in [1.54, 1.807) is 11.3 Å². The van der Waals surface area contributed by atoms with Gasteiger partial charge in [-0.25, -0.2) is 4.98 Å². The van der Waals surface area contributed by atoms with Crippen molar-refractivity contribution in [1.82, 2.24) is 9.97 Å². The molecule has 0 atom stereocenters. The summed E-state index contributed by atoms with van der Waals surface area (Å²) in [6.07, 6.45) is 0. The number of rotatable bonds is 5. The van der Waals surface area contributed by atoms with E-state index >= 15 is 0 Å². The second-order valence-corrected chi connectivity index (χ2v) is 7.21. The molecule has 0 unspecified atom stereocenters.